The highest BCUT2D eigenvalue weighted by Gasteiger charge is 2.24. The monoisotopic (exact) mass is 471 g/mol. The highest BCUT2D eigenvalue weighted by Crippen LogP contribution is 2.34. The summed E-state index contributed by atoms with van der Waals surface area (Å²) in [6.45, 7) is 5.97. The summed E-state index contributed by atoms with van der Waals surface area (Å²) in [4.78, 5) is 2.06. The maximum Gasteiger partial charge on any atom is 0.222 e. The number of aliphatic hydroxyl groups excluding tert-OH is 1. The molecule has 0 spiro atoms. The fourth-order valence-electron chi connectivity index (χ4n) is 3.62. The highest BCUT2D eigenvalue weighted by molar-refractivity contribution is 5.65. The number of benzene rings is 2. The average molecular weight is 472 g/mol. The fourth-order valence-corrected chi connectivity index (χ4v) is 3.62. The van der Waals surface area contributed by atoms with Crippen LogP contribution in [0.3, 0.4) is 0 Å². The Morgan fingerprint density at radius 2 is 1.79 bits per heavy atom. The molecule has 0 aliphatic carbocycles. The average Bonchev–Trinajstić information content (AvgIpc) is 3.13. The van der Waals surface area contributed by atoms with E-state index in [-0.39, 0.29) is 18.5 Å². The maximum absolute atomic E-state index is 14.4. The van der Waals surface area contributed by atoms with Crippen LogP contribution in [0.5, 0.6) is 11.6 Å². The Bertz CT molecular complexity index is 1030. The van der Waals surface area contributed by atoms with E-state index in [4.69, 9.17) is 19.3 Å². The zero-order valence-electron chi connectivity index (χ0n) is 20.3. The van der Waals surface area contributed by atoms with Gasteiger partial charge >= 0.3 is 0 Å². The minimum atomic E-state index is -0.674. The Morgan fingerprint density at radius 1 is 1.09 bits per heavy atom. The van der Waals surface area contributed by atoms with E-state index in [0.29, 0.717) is 32.1 Å². The molecule has 1 heterocycles. The van der Waals surface area contributed by atoms with E-state index in [9.17, 15) is 9.50 Å². The van der Waals surface area contributed by atoms with Gasteiger partial charge in [-0.2, -0.15) is 5.10 Å². The molecule has 0 bridgehead atoms. The van der Waals surface area contributed by atoms with Gasteiger partial charge in [-0.1, -0.05) is 42.5 Å². The number of aromatic nitrogens is 2. The van der Waals surface area contributed by atoms with Crippen LogP contribution in [0.4, 0.5) is 4.39 Å². The van der Waals surface area contributed by atoms with E-state index in [0.717, 1.165) is 16.8 Å². The van der Waals surface area contributed by atoms with Crippen LogP contribution in [0.1, 0.15) is 19.4 Å². The molecule has 1 unspecified atom stereocenters. The molecule has 0 amide bonds. The van der Waals surface area contributed by atoms with Crippen LogP contribution in [0.15, 0.2) is 54.6 Å². The standard InChI is InChI=1S/C26H34FN3O4/c1-19(2)33-18-21(31)16-30(14-15-32-4)17-22-25(20-10-6-5-7-11-20)28-29(3)26(22)34-24-13-9-8-12-23(24)27/h5-13,19,21,31H,14-18H2,1-4H3. The van der Waals surface area contributed by atoms with E-state index in [1.54, 1.807) is 37.0 Å². The van der Waals surface area contributed by atoms with Gasteiger partial charge in [0.15, 0.2) is 11.6 Å². The van der Waals surface area contributed by atoms with Gasteiger partial charge in [0.05, 0.1) is 31.0 Å². The first kappa shape index (κ1) is 25.8. The third-order valence-corrected chi connectivity index (χ3v) is 5.26. The normalized spacial score (nSPS) is 12.5. The molecule has 0 saturated heterocycles. The predicted octanol–water partition coefficient (Wildman–Crippen LogP) is 4.25. The third kappa shape index (κ3) is 7.11. The molecule has 0 saturated carbocycles. The van der Waals surface area contributed by atoms with Gasteiger partial charge in [0, 0.05) is 39.4 Å². The van der Waals surface area contributed by atoms with Crippen molar-refractivity contribution >= 4 is 0 Å². The van der Waals surface area contributed by atoms with E-state index in [2.05, 4.69) is 4.90 Å². The summed E-state index contributed by atoms with van der Waals surface area (Å²) in [6, 6.07) is 16.1. The molecule has 0 radical (unpaired) electrons. The Labute approximate surface area is 200 Å². The minimum Gasteiger partial charge on any atom is -0.436 e. The number of aliphatic hydroxyl groups is 1. The Balaban J connectivity index is 1.95. The molecule has 3 aromatic rings. The first-order valence-corrected chi connectivity index (χ1v) is 11.4. The largest absolute Gasteiger partial charge is 0.436 e. The second kappa shape index (κ2) is 12.6. The molecule has 0 aliphatic rings. The predicted molar refractivity (Wildman–Crippen MR) is 129 cm³/mol. The first-order chi connectivity index (χ1) is 16.4. The van der Waals surface area contributed by atoms with E-state index < -0.39 is 11.9 Å². The number of rotatable bonds is 13. The van der Waals surface area contributed by atoms with Gasteiger partial charge in [-0.15, -0.1) is 0 Å². The summed E-state index contributed by atoms with van der Waals surface area (Å²) in [6.07, 6.45) is -0.641. The molecular weight excluding hydrogens is 437 g/mol. The number of halogens is 1. The van der Waals surface area contributed by atoms with Crippen molar-refractivity contribution in [3.63, 3.8) is 0 Å². The molecule has 1 N–H and O–H groups in total. The van der Waals surface area contributed by atoms with Gasteiger partial charge in [-0.3, -0.25) is 4.90 Å². The van der Waals surface area contributed by atoms with Crippen LogP contribution in [0, 0.1) is 5.82 Å². The van der Waals surface area contributed by atoms with Crippen molar-refractivity contribution in [2.45, 2.75) is 32.6 Å². The summed E-state index contributed by atoms with van der Waals surface area (Å²) >= 11 is 0. The summed E-state index contributed by atoms with van der Waals surface area (Å²) in [5.41, 5.74) is 2.46. The smallest absolute Gasteiger partial charge is 0.222 e. The number of nitrogens with zero attached hydrogens (tertiary/aromatic N) is 3. The Kier molecular flexibility index (Phi) is 9.59. The first-order valence-electron chi connectivity index (χ1n) is 11.4. The molecule has 34 heavy (non-hydrogen) atoms. The lowest BCUT2D eigenvalue weighted by Crippen LogP contribution is -2.37. The minimum absolute atomic E-state index is 0.0332. The maximum atomic E-state index is 14.4. The number of aryl methyl sites for hydroxylation is 1. The SMILES string of the molecule is COCCN(Cc1c(-c2ccccc2)nn(C)c1Oc1ccccc1F)CC(O)COC(C)C. The van der Waals surface area contributed by atoms with E-state index in [1.165, 1.54) is 6.07 Å². The fraction of sp³-hybridized carbons (Fsp3) is 0.423. The lowest BCUT2D eigenvalue weighted by molar-refractivity contribution is -0.0121. The molecule has 0 fully saturated rings. The van der Waals surface area contributed by atoms with Crippen molar-refractivity contribution in [3.05, 3.63) is 66.0 Å². The van der Waals surface area contributed by atoms with Crippen molar-refractivity contribution in [2.24, 2.45) is 7.05 Å². The zero-order chi connectivity index (χ0) is 24.5. The van der Waals surface area contributed by atoms with Crippen molar-refractivity contribution in [1.82, 2.24) is 14.7 Å². The van der Waals surface area contributed by atoms with Gasteiger partial charge in [0.25, 0.3) is 0 Å². The quantitative estimate of drug-likeness (QED) is 0.402. The van der Waals surface area contributed by atoms with Crippen molar-refractivity contribution in [2.75, 3.05) is 33.4 Å². The molecule has 0 aliphatic heterocycles. The molecule has 1 atom stereocenters. The van der Waals surface area contributed by atoms with Crippen LogP contribution in [0.2, 0.25) is 0 Å². The molecular formula is C26H34FN3O4. The summed E-state index contributed by atoms with van der Waals surface area (Å²) in [5.74, 6) is 0.118. The molecule has 8 heteroatoms. The van der Waals surface area contributed by atoms with E-state index >= 15 is 0 Å². The van der Waals surface area contributed by atoms with E-state index in [1.807, 2.05) is 44.2 Å². The highest BCUT2D eigenvalue weighted by atomic mass is 19.1. The number of para-hydroxylation sites is 1. The van der Waals surface area contributed by atoms with Crippen LogP contribution in [0.25, 0.3) is 11.3 Å². The van der Waals surface area contributed by atoms with Crippen LogP contribution in [-0.2, 0) is 23.1 Å². The summed E-state index contributed by atoms with van der Waals surface area (Å²) in [5, 5.41) is 15.3. The molecule has 184 valence electrons. The summed E-state index contributed by atoms with van der Waals surface area (Å²) < 4.78 is 32.9. The number of hydrogen-bond acceptors (Lipinski definition) is 6. The Morgan fingerprint density at radius 3 is 2.47 bits per heavy atom. The topological polar surface area (TPSA) is 69.0 Å². The summed E-state index contributed by atoms with van der Waals surface area (Å²) in [7, 11) is 3.42. The molecule has 3 rings (SSSR count). The van der Waals surface area contributed by atoms with Gasteiger partial charge in [0.2, 0.25) is 5.88 Å². The van der Waals surface area contributed by atoms with Gasteiger partial charge in [-0.25, -0.2) is 9.07 Å². The number of methoxy groups -OCH3 is 1. The van der Waals surface area contributed by atoms with Crippen LogP contribution >= 0.6 is 0 Å². The molecule has 7 nitrogen and oxygen atoms in total. The zero-order valence-corrected chi connectivity index (χ0v) is 20.3. The Hall–Kier alpha value is -2.78. The van der Waals surface area contributed by atoms with Crippen molar-refractivity contribution in [1.29, 1.82) is 0 Å². The van der Waals surface area contributed by atoms with Crippen molar-refractivity contribution < 1.29 is 23.7 Å². The van der Waals surface area contributed by atoms with Crippen LogP contribution < -0.4 is 4.74 Å². The van der Waals surface area contributed by atoms with Gasteiger partial charge < -0.3 is 19.3 Å². The lowest BCUT2D eigenvalue weighted by atomic mass is 10.1. The second-order valence-electron chi connectivity index (χ2n) is 8.42. The second-order valence-corrected chi connectivity index (χ2v) is 8.42. The van der Waals surface area contributed by atoms with Crippen molar-refractivity contribution in [3.8, 4) is 22.9 Å². The lowest BCUT2D eigenvalue weighted by Gasteiger charge is -2.25. The molecule has 1 aromatic heterocycles. The van der Waals surface area contributed by atoms with Crippen LogP contribution in [-0.4, -0.2) is 65.4 Å². The van der Waals surface area contributed by atoms with Gasteiger partial charge in [0.1, 0.15) is 5.69 Å². The number of hydrogen-bond donors (Lipinski definition) is 1. The third-order valence-electron chi connectivity index (χ3n) is 5.26. The molecule has 2 aromatic carbocycles. The van der Waals surface area contributed by atoms with Gasteiger partial charge in [-0.05, 0) is 26.0 Å². The number of ether oxygens (including phenoxy) is 3.